The van der Waals surface area contributed by atoms with Crippen molar-refractivity contribution in [2.24, 2.45) is 0 Å². The topological polar surface area (TPSA) is 34.1 Å². The first kappa shape index (κ1) is 17.6. The van der Waals surface area contributed by atoms with Crippen LogP contribution in [0.2, 0.25) is 13.1 Å². The molecule has 0 amide bonds. The van der Waals surface area contributed by atoms with E-state index in [0.29, 0.717) is 0 Å². The van der Waals surface area contributed by atoms with Crippen LogP contribution in [0.5, 0.6) is 0 Å². The second-order valence-electron chi connectivity index (χ2n) is 7.99. The molecule has 0 heterocycles. The zero-order chi connectivity index (χ0) is 18.4. The molecule has 0 saturated carbocycles. The van der Waals surface area contributed by atoms with Gasteiger partial charge in [-0.15, -0.1) is 0 Å². The maximum absolute atomic E-state index is 13.0. The van der Waals surface area contributed by atoms with E-state index in [2.05, 4.69) is 61.7 Å². The standard InChI is InChI=1S/2C9H7.C2H7Si.2CHO.Ti/c2*1-2-5-9-7-3-6-8(9)4-1;1-3-2;2*1-2;/h2*1-7H;3H,1-2H3;2*1H;. The summed E-state index contributed by atoms with van der Waals surface area (Å²) in [6.45, 7) is 2.80. The van der Waals surface area contributed by atoms with Gasteiger partial charge in [0.15, 0.2) is 0 Å². The summed E-state index contributed by atoms with van der Waals surface area (Å²) in [6.07, 6.45) is 8.53. The van der Waals surface area contributed by atoms with Crippen LogP contribution in [0.3, 0.4) is 0 Å². The Hall–Kier alpha value is -1.81. The molecule has 0 radical (unpaired) electrons. The molecule has 2 aromatic rings. The number of carbonyl (C=O) groups excluding carboxylic acids is 2. The maximum atomic E-state index is 13.0. The number of allylic oxidation sites excluding steroid dienone is 2. The average Bonchev–Trinajstić information content (AvgIpc) is 3.30. The van der Waals surface area contributed by atoms with E-state index in [4.69, 9.17) is 0 Å². The average molecular weight is 395 g/mol. The summed E-state index contributed by atoms with van der Waals surface area (Å²) in [5, 5.41) is 0. The number of benzene rings is 2. The van der Waals surface area contributed by atoms with Gasteiger partial charge in [0, 0.05) is 0 Å². The molecule has 2 aliphatic rings. The van der Waals surface area contributed by atoms with E-state index in [9.17, 15) is 9.59 Å². The number of hydrogen-bond donors (Lipinski definition) is 0. The van der Waals surface area contributed by atoms with E-state index in [1.54, 1.807) is 0 Å². The molecule has 4 rings (SSSR count). The van der Waals surface area contributed by atoms with Gasteiger partial charge in [0.05, 0.1) is 0 Å². The summed E-state index contributed by atoms with van der Waals surface area (Å²) in [7, 11) is 0. The van der Waals surface area contributed by atoms with Gasteiger partial charge < -0.3 is 0 Å². The van der Waals surface area contributed by atoms with Crippen LogP contribution in [0.4, 0.5) is 0 Å². The Morgan fingerprint density at radius 1 is 0.769 bits per heavy atom. The van der Waals surface area contributed by atoms with Gasteiger partial charge in [-0.1, -0.05) is 0 Å². The molecule has 2 unspecified atom stereocenters. The molecule has 0 saturated heterocycles. The zero-order valence-electron chi connectivity index (χ0n) is 15.1. The zero-order valence-corrected chi connectivity index (χ0v) is 17.8. The molecule has 0 fully saturated rings. The van der Waals surface area contributed by atoms with E-state index >= 15 is 0 Å². The van der Waals surface area contributed by atoms with E-state index in [1.165, 1.54) is 20.3 Å². The molecule has 0 aliphatic heterocycles. The van der Waals surface area contributed by atoms with Gasteiger partial charge in [-0.2, -0.15) is 0 Å². The summed E-state index contributed by atoms with van der Waals surface area (Å²) in [5.74, 6) is 0. The van der Waals surface area contributed by atoms with Crippen LogP contribution in [-0.4, -0.2) is 15.8 Å². The Kier molecular flexibility index (Phi) is 4.14. The van der Waals surface area contributed by atoms with Crippen molar-refractivity contribution in [1.29, 1.82) is 0 Å². The van der Waals surface area contributed by atoms with Crippen molar-refractivity contribution in [1.82, 2.24) is 0 Å². The predicted molar refractivity (Wildman–Crippen MR) is 109 cm³/mol. The number of fused-ring (bicyclic) bond motifs is 2. The van der Waals surface area contributed by atoms with Gasteiger partial charge in [0.25, 0.3) is 0 Å². The molecule has 0 aromatic heterocycles. The van der Waals surface area contributed by atoms with Crippen LogP contribution < -0.4 is 0 Å². The van der Waals surface area contributed by atoms with Crippen LogP contribution in [0.15, 0.2) is 60.7 Å². The molecule has 2 atom stereocenters. The van der Waals surface area contributed by atoms with Crippen LogP contribution in [0.25, 0.3) is 12.2 Å². The van der Waals surface area contributed by atoms with Gasteiger partial charge in [-0.05, 0) is 0 Å². The molecule has 0 N–H and O–H groups in total. The van der Waals surface area contributed by atoms with Crippen LogP contribution >= 0.6 is 0 Å². The third kappa shape index (κ3) is 2.02. The van der Waals surface area contributed by atoms with E-state index < -0.39 is 21.2 Å². The van der Waals surface area contributed by atoms with E-state index in [0.717, 1.165) is 11.1 Å². The van der Waals surface area contributed by atoms with Crippen molar-refractivity contribution < 1.29 is 24.1 Å². The van der Waals surface area contributed by atoms with Crippen molar-refractivity contribution in [2.75, 3.05) is 0 Å². The first-order chi connectivity index (χ1) is 12.6. The molecular formula is C22H23O2SiTi. The Morgan fingerprint density at radius 3 is 1.58 bits per heavy atom. The van der Waals surface area contributed by atoms with E-state index in [-0.39, 0.29) is 8.45 Å². The molecule has 2 aromatic carbocycles. The van der Waals surface area contributed by atoms with Gasteiger partial charge in [0.1, 0.15) is 0 Å². The van der Waals surface area contributed by atoms with Gasteiger partial charge >= 0.3 is 157 Å². The second-order valence-corrected chi connectivity index (χ2v) is 29.1. The third-order valence-electron chi connectivity index (χ3n) is 6.91. The Morgan fingerprint density at radius 2 is 1.19 bits per heavy atom. The van der Waals surface area contributed by atoms with Crippen LogP contribution in [0.1, 0.15) is 30.7 Å². The first-order valence-electron chi connectivity index (χ1n) is 9.21. The van der Waals surface area contributed by atoms with Crippen molar-refractivity contribution in [2.45, 2.75) is 21.5 Å². The quantitative estimate of drug-likeness (QED) is 0.549. The van der Waals surface area contributed by atoms with Crippen LogP contribution in [0, 0.1) is 0 Å². The fourth-order valence-corrected chi connectivity index (χ4v) is 25.2. The number of carbonyl (C=O) groups is 2. The molecule has 26 heavy (non-hydrogen) atoms. The summed E-state index contributed by atoms with van der Waals surface area (Å²) in [5.41, 5.74) is 4.65. The molecule has 0 spiro atoms. The fraction of sp³-hybridized carbons (Fsp3) is 0.182. The third-order valence-corrected chi connectivity index (χ3v) is 33.9. The SMILES string of the molecule is C[SiH](C)[Ti]([CH]=O)([CH]=O)([CH]1C=Cc2ccccc21)[CH]1C=Cc2ccccc21. The summed E-state index contributed by atoms with van der Waals surface area (Å²) in [6, 6.07) is 16.5. The van der Waals surface area contributed by atoms with Crippen molar-refractivity contribution >= 4 is 28.0 Å². The Bertz CT molecular complexity index is 887. The summed E-state index contributed by atoms with van der Waals surface area (Å²) < 4.78 is 2.31. The van der Waals surface area contributed by atoms with Gasteiger partial charge in [-0.25, -0.2) is 0 Å². The van der Waals surface area contributed by atoms with Crippen molar-refractivity contribution in [3.8, 4) is 0 Å². The van der Waals surface area contributed by atoms with Crippen molar-refractivity contribution in [3.63, 3.8) is 0 Å². The summed E-state index contributed by atoms with van der Waals surface area (Å²) >= 11 is -4.32. The molecule has 131 valence electrons. The Labute approximate surface area is 156 Å². The number of hydrogen-bond acceptors (Lipinski definition) is 2. The monoisotopic (exact) mass is 395 g/mol. The predicted octanol–water partition coefficient (Wildman–Crippen LogP) is 4.58. The fourth-order valence-electron chi connectivity index (χ4n) is 5.17. The first-order valence-corrected chi connectivity index (χ1v) is 18.4. The summed E-state index contributed by atoms with van der Waals surface area (Å²) in [4.78, 5) is 26.1. The molecule has 0 bridgehead atoms. The normalized spacial score (nSPS) is 21.9. The number of rotatable bonds is 5. The second kappa shape index (κ2) is 6.12. The van der Waals surface area contributed by atoms with Gasteiger partial charge in [0.2, 0.25) is 0 Å². The van der Waals surface area contributed by atoms with E-state index in [1.807, 2.05) is 24.3 Å². The minimum absolute atomic E-state index is 0.0364. The molecule has 2 nitrogen and oxygen atoms in total. The molecule has 4 heteroatoms. The molecule has 2 aliphatic carbocycles. The Balaban J connectivity index is 2.03. The molecular weight excluding hydrogens is 372 g/mol. The van der Waals surface area contributed by atoms with Crippen LogP contribution in [-0.2, 0) is 24.1 Å². The van der Waals surface area contributed by atoms with Gasteiger partial charge in [-0.3, -0.25) is 0 Å². The van der Waals surface area contributed by atoms with Crippen molar-refractivity contribution in [3.05, 3.63) is 82.9 Å². The minimum atomic E-state index is -4.32.